The van der Waals surface area contributed by atoms with E-state index in [1.165, 1.54) is 57.4 Å². The van der Waals surface area contributed by atoms with Gasteiger partial charge in [-0.25, -0.2) is 15.0 Å². The zero-order chi connectivity index (χ0) is 26.8. The van der Waals surface area contributed by atoms with Crippen LogP contribution < -0.4 is 10.6 Å². The number of fused-ring (bicyclic) bond motifs is 1. The second-order valence-electron chi connectivity index (χ2n) is 12.0. The normalized spacial score (nSPS) is 20.9. The summed E-state index contributed by atoms with van der Waals surface area (Å²) in [7, 11) is 0. The molecule has 2 saturated carbocycles. The first kappa shape index (κ1) is 26.6. The van der Waals surface area contributed by atoms with Crippen LogP contribution >= 0.6 is 0 Å². The van der Waals surface area contributed by atoms with Gasteiger partial charge in [0.2, 0.25) is 5.91 Å². The summed E-state index contributed by atoms with van der Waals surface area (Å²) < 4.78 is 2.33. The van der Waals surface area contributed by atoms with Crippen LogP contribution in [0.4, 0.5) is 5.82 Å². The Balaban J connectivity index is 1.63. The Hall–Kier alpha value is -3.03. The van der Waals surface area contributed by atoms with Gasteiger partial charge in [0.25, 0.3) is 0 Å². The van der Waals surface area contributed by atoms with Crippen LogP contribution in [0.1, 0.15) is 96.9 Å². The number of hydrogen-bond acceptors (Lipinski definition) is 6. The van der Waals surface area contributed by atoms with Gasteiger partial charge in [-0.2, -0.15) is 0 Å². The lowest BCUT2D eigenvalue weighted by Gasteiger charge is -2.32. The van der Waals surface area contributed by atoms with Crippen LogP contribution in [-0.4, -0.2) is 36.5 Å². The van der Waals surface area contributed by atoms with Crippen LogP contribution in [-0.2, 0) is 17.9 Å². The predicted octanol–water partition coefficient (Wildman–Crippen LogP) is 6.07. The highest BCUT2D eigenvalue weighted by molar-refractivity contribution is 5.87. The first-order valence-electron chi connectivity index (χ1n) is 14.5. The van der Waals surface area contributed by atoms with Crippen molar-refractivity contribution in [3.05, 3.63) is 29.7 Å². The summed E-state index contributed by atoms with van der Waals surface area (Å²) in [6.45, 7) is 11.7. The molecule has 0 unspecified atom stereocenters. The van der Waals surface area contributed by atoms with Gasteiger partial charge in [0.15, 0.2) is 23.1 Å². The van der Waals surface area contributed by atoms with Crippen molar-refractivity contribution in [2.24, 2.45) is 17.8 Å². The lowest BCUT2D eigenvalue weighted by Crippen LogP contribution is -2.31. The molecule has 1 atom stereocenters. The molecule has 0 saturated heterocycles. The van der Waals surface area contributed by atoms with Gasteiger partial charge in [-0.05, 0) is 74.0 Å². The molecule has 2 N–H and O–H groups in total. The third-order valence-electron chi connectivity index (χ3n) is 8.62. The third-order valence-corrected chi connectivity index (χ3v) is 8.62. The van der Waals surface area contributed by atoms with E-state index in [-0.39, 0.29) is 12.5 Å². The Morgan fingerprint density at radius 3 is 2.50 bits per heavy atom. The zero-order valence-corrected chi connectivity index (χ0v) is 23.6. The van der Waals surface area contributed by atoms with E-state index >= 15 is 0 Å². The second kappa shape index (κ2) is 11.4. The second-order valence-corrected chi connectivity index (χ2v) is 12.0. The van der Waals surface area contributed by atoms with E-state index in [2.05, 4.69) is 55.0 Å². The van der Waals surface area contributed by atoms with E-state index in [0.29, 0.717) is 35.3 Å². The molecule has 204 valence electrons. The van der Waals surface area contributed by atoms with Crippen molar-refractivity contribution in [2.45, 2.75) is 105 Å². The molecular formula is C30H43N7O. The Labute approximate surface area is 226 Å². The fourth-order valence-electron chi connectivity index (χ4n) is 5.81. The highest BCUT2D eigenvalue weighted by Crippen LogP contribution is 2.36. The summed E-state index contributed by atoms with van der Waals surface area (Å²) >= 11 is 0. The number of imidazole rings is 1. The molecule has 3 aromatic heterocycles. The maximum absolute atomic E-state index is 11.6. The zero-order valence-electron chi connectivity index (χ0n) is 23.6. The molecule has 2 aliphatic carbocycles. The molecule has 1 amide bonds. The summed E-state index contributed by atoms with van der Waals surface area (Å²) in [5, 5.41) is 6.61. The highest BCUT2D eigenvalue weighted by atomic mass is 16.1. The van der Waals surface area contributed by atoms with Crippen LogP contribution in [0, 0.1) is 17.8 Å². The number of amides is 1. The average molecular weight is 518 g/mol. The van der Waals surface area contributed by atoms with Gasteiger partial charge in [0, 0.05) is 25.7 Å². The predicted molar refractivity (Wildman–Crippen MR) is 152 cm³/mol. The number of anilines is 1. The Kier molecular flexibility index (Phi) is 7.96. The summed E-state index contributed by atoms with van der Waals surface area (Å²) in [5.74, 6) is 4.59. The SMILES string of the molecule is CC(=O)NCc1nc(N[C@H](C)C2CCC2)c2c(n1)nc(-c1cc(C(C)C)ccn1)n2CC1CCC(C)CC1. The maximum atomic E-state index is 11.6. The number of nitrogens with zero attached hydrogens (tertiary/aromatic N) is 5. The molecule has 3 heterocycles. The van der Waals surface area contributed by atoms with E-state index in [1.54, 1.807) is 0 Å². The molecule has 38 heavy (non-hydrogen) atoms. The molecule has 5 rings (SSSR count). The number of aromatic nitrogens is 5. The van der Waals surface area contributed by atoms with Gasteiger partial charge in [-0.3, -0.25) is 9.78 Å². The van der Waals surface area contributed by atoms with Crippen molar-refractivity contribution in [1.82, 2.24) is 29.8 Å². The number of rotatable bonds is 9. The Morgan fingerprint density at radius 1 is 1.08 bits per heavy atom. The first-order valence-corrected chi connectivity index (χ1v) is 14.5. The van der Waals surface area contributed by atoms with Gasteiger partial charge in [-0.15, -0.1) is 0 Å². The molecule has 3 aromatic rings. The summed E-state index contributed by atoms with van der Waals surface area (Å²) in [6, 6.07) is 4.56. The largest absolute Gasteiger partial charge is 0.365 e. The van der Waals surface area contributed by atoms with E-state index in [4.69, 9.17) is 19.9 Å². The van der Waals surface area contributed by atoms with Crippen LogP contribution in [0.15, 0.2) is 18.3 Å². The molecule has 2 aliphatic rings. The van der Waals surface area contributed by atoms with Crippen molar-refractivity contribution in [3.8, 4) is 11.5 Å². The lowest BCUT2D eigenvalue weighted by atomic mass is 9.80. The minimum Gasteiger partial charge on any atom is -0.365 e. The van der Waals surface area contributed by atoms with Crippen molar-refractivity contribution in [3.63, 3.8) is 0 Å². The van der Waals surface area contributed by atoms with E-state index in [1.807, 2.05) is 6.20 Å². The molecule has 0 bridgehead atoms. The molecular weight excluding hydrogens is 474 g/mol. The average Bonchev–Trinajstić information content (AvgIpc) is 3.21. The molecule has 0 spiro atoms. The van der Waals surface area contributed by atoms with Gasteiger partial charge in [0.1, 0.15) is 11.2 Å². The molecule has 8 nitrogen and oxygen atoms in total. The molecule has 0 aromatic carbocycles. The number of carbonyl (C=O) groups excluding carboxylic acids is 1. The Bertz CT molecular complexity index is 1270. The minimum atomic E-state index is -0.0986. The van der Waals surface area contributed by atoms with Crippen molar-refractivity contribution in [2.75, 3.05) is 5.32 Å². The van der Waals surface area contributed by atoms with Crippen molar-refractivity contribution < 1.29 is 4.79 Å². The number of nitrogens with one attached hydrogen (secondary N) is 2. The van der Waals surface area contributed by atoms with E-state index in [0.717, 1.165) is 35.3 Å². The summed E-state index contributed by atoms with van der Waals surface area (Å²) in [4.78, 5) is 31.3. The van der Waals surface area contributed by atoms with Gasteiger partial charge in [0.05, 0.1) is 6.54 Å². The van der Waals surface area contributed by atoms with E-state index in [9.17, 15) is 4.79 Å². The molecule has 0 aliphatic heterocycles. The smallest absolute Gasteiger partial charge is 0.217 e. The van der Waals surface area contributed by atoms with Crippen LogP contribution in [0.5, 0.6) is 0 Å². The molecule has 8 heteroatoms. The fourth-order valence-corrected chi connectivity index (χ4v) is 5.81. The lowest BCUT2D eigenvalue weighted by molar-refractivity contribution is -0.119. The van der Waals surface area contributed by atoms with Gasteiger partial charge < -0.3 is 15.2 Å². The number of carbonyl (C=O) groups is 1. The van der Waals surface area contributed by atoms with E-state index < -0.39 is 0 Å². The fraction of sp³-hybridized carbons (Fsp3) is 0.633. The van der Waals surface area contributed by atoms with Gasteiger partial charge in [-0.1, -0.05) is 40.0 Å². The molecule has 2 fully saturated rings. The summed E-state index contributed by atoms with van der Waals surface area (Å²) in [5.41, 5.74) is 3.74. The van der Waals surface area contributed by atoms with Crippen LogP contribution in [0.3, 0.4) is 0 Å². The first-order chi connectivity index (χ1) is 18.3. The van der Waals surface area contributed by atoms with Crippen LogP contribution in [0.2, 0.25) is 0 Å². The monoisotopic (exact) mass is 517 g/mol. The van der Waals surface area contributed by atoms with Crippen molar-refractivity contribution >= 4 is 22.9 Å². The quantitative estimate of drug-likeness (QED) is 0.357. The maximum Gasteiger partial charge on any atom is 0.217 e. The molecule has 0 radical (unpaired) electrons. The number of pyridine rings is 1. The number of hydrogen-bond donors (Lipinski definition) is 2. The highest BCUT2D eigenvalue weighted by Gasteiger charge is 2.28. The third kappa shape index (κ3) is 5.84. The standard InChI is InChI=1S/C30H43N7O/c1-18(2)24-13-14-31-25(15-24)30-36-29-27(37(30)17-22-11-9-19(3)10-12-22)28(33-20(4)23-7-6-8-23)34-26(35-29)16-32-21(5)38/h13-15,18-20,22-23H,6-12,16-17H2,1-5H3,(H,32,38)(H,33,34,35)/t19?,20-,22?/m1/s1. The summed E-state index contributed by atoms with van der Waals surface area (Å²) in [6.07, 6.45) is 10.7. The van der Waals surface area contributed by atoms with Crippen LogP contribution in [0.25, 0.3) is 22.7 Å². The topological polar surface area (TPSA) is 97.6 Å². The Morgan fingerprint density at radius 2 is 1.84 bits per heavy atom. The van der Waals surface area contributed by atoms with Gasteiger partial charge >= 0.3 is 0 Å². The minimum absolute atomic E-state index is 0.0986. The van der Waals surface area contributed by atoms with Crippen molar-refractivity contribution in [1.29, 1.82) is 0 Å².